The van der Waals surface area contributed by atoms with Gasteiger partial charge in [-0.3, -0.25) is 9.59 Å². The van der Waals surface area contributed by atoms with Crippen molar-refractivity contribution >= 4 is 61.2 Å². The number of carbonyl (C=O) groups is 2. The number of nitrogens with zero attached hydrogens (tertiary/aromatic N) is 1. The molecule has 0 bridgehead atoms. The largest absolute Gasteiger partial charge is 0.506 e. The molecular formula is C14H11Br2N3O3S. The first-order valence-electron chi connectivity index (χ1n) is 6.29. The van der Waals surface area contributed by atoms with E-state index < -0.39 is 5.91 Å². The summed E-state index contributed by atoms with van der Waals surface area (Å²) in [6, 6.07) is 6.76. The normalized spacial score (nSPS) is 10.7. The number of benzene rings is 1. The van der Waals surface area contributed by atoms with E-state index in [4.69, 9.17) is 0 Å². The lowest BCUT2D eigenvalue weighted by Gasteiger charge is -2.04. The molecule has 3 N–H and O–H groups in total. The summed E-state index contributed by atoms with van der Waals surface area (Å²) in [4.78, 5) is 23.8. The van der Waals surface area contributed by atoms with Crippen molar-refractivity contribution in [3.63, 3.8) is 0 Å². The fourth-order valence-electron chi connectivity index (χ4n) is 1.55. The van der Waals surface area contributed by atoms with Crippen LogP contribution in [0, 0.1) is 0 Å². The number of halogens is 2. The van der Waals surface area contributed by atoms with Crippen molar-refractivity contribution in [2.45, 2.75) is 0 Å². The minimum atomic E-state index is -0.472. The number of aromatic hydroxyl groups is 1. The van der Waals surface area contributed by atoms with Crippen molar-refractivity contribution < 1.29 is 14.7 Å². The van der Waals surface area contributed by atoms with Crippen LogP contribution in [0.3, 0.4) is 0 Å². The van der Waals surface area contributed by atoms with E-state index in [1.54, 1.807) is 29.6 Å². The van der Waals surface area contributed by atoms with Crippen molar-refractivity contribution in [3.8, 4) is 5.75 Å². The number of hydrogen-bond donors (Lipinski definition) is 3. The number of rotatable bonds is 5. The number of phenolic OH excluding ortho intramolecular Hbond substituents is 1. The molecule has 23 heavy (non-hydrogen) atoms. The van der Waals surface area contributed by atoms with E-state index in [1.165, 1.54) is 17.6 Å². The molecule has 2 aromatic rings. The van der Waals surface area contributed by atoms with Crippen molar-refractivity contribution in [2.75, 3.05) is 6.54 Å². The highest BCUT2D eigenvalue weighted by molar-refractivity contribution is 9.11. The van der Waals surface area contributed by atoms with Gasteiger partial charge in [0.15, 0.2) is 0 Å². The van der Waals surface area contributed by atoms with Crippen LogP contribution >= 0.6 is 43.2 Å². The first-order valence-corrected chi connectivity index (χ1v) is 8.75. The summed E-state index contributed by atoms with van der Waals surface area (Å²) in [6.45, 7) is -0.192. The SMILES string of the molecule is O=C(CNC(=O)c1cccs1)N/N=C/c1cc(Br)cc(Br)c1O. The van der Waals surface area contributed by atoms with Gasteiger partial charge in [0.05, 0.1) is 22.1 Å². The van der Waals surface area contributed by atoms with Crippen LogP contribution in [0.25, 0.3) is 0 Å². The molecule has 0 aliphatic carbocycles. The van der Waals surface area contributed by atoms with Crippen LogP contribution < -0.4 is 10.7 Å². The quantitative estimate of drug-likeness (QED) is 0.473. The standard InChI is InChI=1S/C14H11Br2N3O3S/c15-9-4-8(13(21)10(16)5-9)6-18-19-12(20)7-17-14(22)11-2-1-3-23-11/h1-6,21H,7H2,(H,17,22)(H,19,20)/b18-6+. The van der Waals surface area contributed by atoms with Gasteiger partial charge in [-0.05, 0) is 39.5 Å². The second kappa shape index (κ2) is 8.23. The van der Waals surface area contributed by atoms with Crippen molar-refractivity contribution in [1.82, 2.24) is 10.7 Å². The van der Waals surface area contributed by atoms with E-state index in [0.717, 1.165) is 4.47 Å². The molecule has 120 valence electrons. The monoisotopic (exact) mass is 459 g/mol. The lowest BCUT2D eigenvalue weighted by Crippen LogP contribution is -2.34. The van der Waals surface area contributed by atoms with Crippen LogP contribution in [0.2, 0.25) is 0 Å². The van der Waals surface area contributed by atoms with E-state index in [-0.39, 0.29) is 18.2 Å². The fourth-order valence-corrected chi connectivity index (χ4v) is 3.45. The number of carbonyl (C=O) groups excluding carboxylic acids is 2. The predicted molar refractivity (Wildman–Crippen MR) is 95.9 cm³/mol. The first kappa shape index (κ1) is 17.6. The minimum Gasteiger partial charge on any atom is -0.506 e. The van der Waals surface area contributed by atoms with E-state index in [2.05, 4.69) is 47.7 Å². The van der Waals surface area contributed by atoms with Crippen LogP contribution in [0.15, 0.2) is 43.7 Å². The number of hydrogen-bond acceptors (Lipinski definition) is 5. The summed E-state index contributed by atoms with van der Waals surface area (Å²) < 4.78 is 1.25. The Morgan fingerprint density at radius 1 is 1.35 bits per heavy atom. The zero-order chi connectivity index (χ0) is 16.8. The number of phenols is 1. The molecule has 0 spiro atoms. The van der Waals surface area contributed by atoms with Crippen LogP contribution in [-0.4, -0.2) is 29.7 Å². The van der Waals surface area contributed by atoms with Gasteiger partial charge in [0, 0.05) is 10.0 Å². The van der Waals surface area contributed by atoms with Crippen LogP contribution in [0.5, 0.6) is 5.75 Å². The molecule has 0 saturated heterocycles. The second-order valence-electron chi connectivity index (χ2n) is 4.28. The van der Waals surface area contributed by atoms with E-state index in [9.17, 15) is 14.7 Å². The third-order valence-electron chi connectivity index (χ3n) is 2.61. The zero-order valence-electron chi connectivity index (χ0n) is 11.5. The lowest BCUT2D eigenvalue weighted by molar-refractivity contribution is -0.120. The average molecular weight is 461 g/mol. The van der Waals surface area contributed by atoms with Crippen LogP contribution in [0.1, 0.15) is 15.2 Å². The summed E-state index contributed by atoms with van der Waals surface area (Å²) in [5.74, 6) is -0.774. The van der Waals surface area contributed by atoms with Gasteiger partial charge in [-0.2, -0.15) is 5.10 Å². The van der Waals surface area contributed by atoms with Gasteiger partial charge < -0.3 is 10.4 Å². The molecule has 0 radical (unpaired) electrons. The molecule has 1 aromatic carbocycles. The predicted octanol–water partition coefficient (Wildman–Crippen LogP) is 2.86. The highest BCUT2D eigenvalue weighted by Crippen LogP contribution is 2.30. The zero-order valence-corrected chi connectivity index (χ0v) is 15.5. The van der Waals surface area contributed by atoms with Crippen molar-refractivity contribution in [2.24, 2.45) is 5.10 Å². The molecule has 0 unspecified atom stereocenters. The topological polar surface area (TPSA) is 90.8 Å². The Morgan fingerprint density at radius 2 is 2.13 bits per heavy atom. The van der Waals surface area contributed by atoms with Gasteiger partial charge >= 0.3 is 0 Å². The van der Waals surface area contributed by atoms with Crippen LogP contribution in [-0.2, 0) is 4.79 Å². The summed E-state index contributed by atoms with van der Waals surface area (Å²) in [5, 5.41) is 17.9. The van der Waals surface area contributed by atoms with Gasteiger partial charge in [-0.15, -0.1) is 11.3 Å². The average Bonchev–Trinajstić information content (AvgIpc) is 3.04. The van der Waals surface area contributed by atoms with E-state index >= 15 is 0 Å². The third kappa shape index (κ3) is 5.15. The molecule has 2 rings (SSSR count). The van der Waals surface area contributed by atoms with Crippen LogP contribution in [0.4, 0.5) is 0 Å². The maximum Gasteiger partial charge on any atom is 0.261 e. The van der Waals surface area contributed by atoms with Gasteiger partial charge in [0.2, 0.25) is 0 Å². The maximum absolute atomic E-state index is 11.7. The summed E-state index contributed by atoms with van der Waals surface area (Å²) in [5.41, 5.74) is 2.70. The Labute approximate surface area is 152 Å². The van der Waals surface area contributed by atoms with Gasteiger partial charge in [-0.25, -0.2) is 5.43 Å². The Morgan fingerprint density at radius 3 is 2.83 bits per heavy atom. The third-order valence-corrected chi connectivity index (χ3v) is 4.54. The Kier molecular flexibility index (Phi) is 6.31. The molecule has 6 nitrogen and oxygen atoms in total. The molecule has 1 heterocycles. The molecule has 0 saturated carbocycles. The number of amides is 2. The van der Waals surface area contributed by atoms with Crippen molar-refractivity contribution in [1.29, 1.82) is 0 Å². The molecule has 0 aliphatic heterocycles. The number of hydrazone groups is 1. The second-order valence-corrected chi connectivity index (χ2v) is 7.00. The van der Waals surface area contributed by atoms with E-state index in [0.29, 0.717) is 14.9 Å². The maximum atomic E-state index is 11.7. The first-order chi connectivity index (χ1) is 11.0. The summed E-state index contributed by atoms with van der Waals surface area (Å²) in [7, 11) is 0. The van der Waals surface area contributed by atoms with Gasteiger partial charge in [-0.1, -0.05) is 22.0 Å². The van der Waals surface area contributed by atoms with Gasteiger partial charge in [0.25, 0.3) is 11.8 Å². The molecule has 9 heteroatoms. The molecule has 2 amide bonds. The lowest BCUT2D eigenvalue weighted by atomic mass is 10.2. The molecule has 0 fully saturated rings. The highest BCUT2D eigenvalue weighted by atomic mass is 79.9. The van der Waals surface area contributed by atoms with Crippen molar-refractivity contribution in [3.05, 3.63) is 49.0 Å². The summed E-state index contributed by atoms with van der Waals surface area (Å²) >= 11 is 7.78. The molecule has 0 atom stereocenters. The Balaban J connectivity index is 1.86. The van der Waals surface area contributed by atoms with E-state index in [1.807, 2.05) is 0 Å². The minimum absolute atomic E-state index is 0.0113. The molecule has 1 aromatic heterocycles. The molecular weight excluding hydrogens is 450 g/mol. The smallest absolute Gasteiger partial charge is 0.261 e. The molecule has 0 aliphatic rings. The Hall–Kier alpha value is -1.71. The number of nitrogens with one attached hydrogen (secondary N) is 2. The summed E-state index contributed by atoms with van der Waals surface area (Å²) in [6.07, 6.45) is 1.31. The Bertz CT molecular complexity index is 748. The fraction of sp³-hybridized carbons (Fsp3) is 0.0714. The highest BCUT2D eigenvalue weighted by Gasteiger charge is 2.08. The van der Waals surface area contributed by atoms with Gasteiger partial charge in [0.1, 0.15) is 5.75 Å². The number of thiophene rings is 1.